The minimum Gasteiger partial charge on any atom is -0.369 e. The Bertz CT molecular complexity index is 1060. The van der Waals surface area contributed by atoms with Gasteiger partial charge in [-0.05, 0) is 42.1 Å². The lowest BCUT2D eigenvalue weighted by atomic mass is 9.90. The monoisotopic (exact) mass is 398 g/mol. The van der Waals surface area contributed by atoms with Gasteiger partial charge in [0.05, 0.1) is 17.0 Å². The number of guanidine groups is 1. The van der Waals surface area contributed by atoms with Crippen LogP contribution >= 0.6 is 22.7 Å². The molecule has 4 rings (SSSR count). The second-order valence-corrected chi connectivity index (χ2v) is 8.81. The van der Waals surface area contributed by atoms with Crippen LogP contribution in [0.15, 0.2) is 40.8 Å². The number of fused-ring (bicyclic) bond motifs is 1. The first-order valence-electron chi connectivity index (χ1n) is 8.43. The first kappa shape index (κ1) is 17.8. The smallest absolute Gasteiger partial charge is 0.231 e. The van der Waals surface area contributed by atoms with Gasteiger partial charge in [0, 0.05) is 29.1 Å². The van der Waals surface area contributed by atoms with Crippen molar-refractivity contribution in [2.75, 3.05) is 7.05 Å². The summed E-state index contributed by atoms with van der Waals surface area (Å²) < 4.78 is 2.28. The molecule has 138 valence electrons. The molecule has 27 heavy (non-hydrogen) atoms. The standard InChI is InChI=1S/C19H18N4O2S2/c1-19(10-17(25)23(2)18(20)22-19)16-8-11(3-5-21-16)7-12(24)14-9-15-13(27-14)4-6-26-15/h3-6,8-9H,7,10H2,1-2H3,(H2,20,22). The number of nitrogens with two attached hydrogens (primary N) is 1. The van der Waals surface area contributed by atoms with Crippen molar-refractivity contribution in [3.8, 4) is 0 Å². The summed E-state index contributed by atoms with van der Waals surface area (Å²) in [5.41, 5.74) is 6.55. The maximum atomic E-state index is 12.7. The van der Waals surface area contributed by atoms with Crippen molar-refractivity contribution < 1.29 is 9.59 Å². The Balaban J connectivity index is 1.60. The molecule has 0 fully saturated rings. The van der Waals surface area contributed by atoms with Crippen LogP contribution in [-0.4, -0.2) is 34.6 Å². The van der Waals surface area contributed by atoms with E-state index in [0.717, 1.165) is 19.8 Å². The predicted molar refractivity (Wildman–Crippen MR) is 108 cm³/mol. The van der Waals surface area contributed by atoms with Crippen LogP contribution in [0, 0.1) is 0 Å². The molecule has 6 nitrogen and oxygen atoms in total. The quantitative estimate of drug-likeness (QED) is 0.684. The Morgan fingerprint density at radius 1 is 1.33 bits per heavy atom. The molecule has 1 aliphatic rings. The van der Waals surface area contributed by atoms with E-state index in [9.17, 15) is 9.59 Å². The summed E-state index contributed by atoms with van der Waals surface area (Å²) in [6.07, 6.45) is 2.13. The average Bonchev–Trinajstić information content (AvgIpc) is 3.22. The number of aliphatic imine (C=N–C) groups is 1. The average molecular weight is 399 g/mol. The molecule has 0 aromatic carbocycles. The minimum atomic E-state index is -0.821. The van der Waals surface area contributed by atoms with Crippen molar-refractivity contribution in [2.45, 2.75) is 25.3 Å². The highest BCUT2D eigenvalue weighted by molar-refractivity contribution is 7.27. The van der Waals surface area contributed by atoms with Crippen molar-refractivity contribution in [3.63, 3.8) is 0 Å². The zero-order chi connectivity index (χ0) is 19.2. The van der Waals surface area contributed by atoms with E-state index in [-0.39, 0.29) is 30.5 Å². The molecule has 1 amide bonds. The number of aromatic nitrogens is 1. The van der Waals surface area contributed by atoms with Crippen molar-refractivity contribution in [1.82, 2.24) is 9.88 Å². The lowest BCUT2D eigenvalue weighted by Gasteiger charge is -2.32. The van der Waals surface area contributed by atoms with Crippen LogP contribution in [0.5, 0.6) is 0 Å². The van der Waals surface area contributed by atoms with E-state index in [0.29, 0.717) is 5.69 Å². The fraction of sp³-hybridized carbons (Fsp3) is 0.263. The fourth-order valence-corrected chi connectivity index (χ4v) is 5.16. The number of thiophene rings is 2. The number of Topliss-reactive ketones (excluding diaryl/α,β-unsaturated/α-hetero) is 1. The van der Waals surface area contributed by atoms with Crippen LogP contribution in [-0.2, 0) is 16.8 Å². The molecule has 8 heteroatoms. The van der Waals surface area contributed by atoms with Crippen LogP contribution in [0.2, 0.25) is 0 Å². The van der Waals surface area contributed by atoms with Crippen LogP contribution in [0.3, 0.4) is 0 Å². The van der Waals surface area contributed by atoms with Gasteiger partial charge < -0.3 is 5.73 Å². The molecule has 1 unspecified atom stereocenters. The van der Waals surface area contributed by atoms with Gasteiger partial charge in [-0.3, -0.25) is 19.5 Å². The highest BCUT2D eigenvalue weighted by Crippen LogP contribution is 2.33. The van der Waals surface area contributed by atoms with Crippen molar-refractivity contribution in [2.24, 2.45) is 10.7 Å². The van der Waals surface area contributed by atoms with Gasteiger partial charge in [0.1, 0.15) is 5.54 Å². The van der Waals surface area contributed by atoms with E-state index < -0.39 is 5.54 Å². The number of nitrogens with zero attached hydrogens (tertiary/aromatic N) is 3. The molecular weight excluding hydrogens is 380 g/mol. The fourth-order valence-electron chi connectivity index (χ4n) is 3.11. The zero-order valence-electron chi connectivity index (χ0n) is 14.9. The normalized spacial score (nSPS) is 20.1. The number of carbonyl (C=O) groups is 2. The van der Waals surface area contributed by atoms with E-state index in [1.807, 2.05) is 36.6 Å². The summed E-state index contributed by atoms with van der Waals surface area (Å²) >= 11 is 3.16. The van der Waals surface area contributed by atoms with Gasteiger partial charge in [-0.25, -0.2) is 4.99 Å². The van der Waals surface area contributed by atoms with Gasteiger partial charge in [0.2, 0.25) is 5.91 Å². The molecule has 2 N–H and O–H groups in total. The SMILES string of the molecule is CN1C(=O)CC(C)(c2cc(CC(=O)c3cc4sccc4s3)ccn2)N=C1N. The summed E-state index contributed by atoms with van der Waals surface area (Å²) in [6, 6.07) is 7.66. The molecule has 3 aromatic heterocycles. The van der Waals surface area contributed by atoms with Crippen LogP contribution < -0.4 is 5.73 Å². The molecule has 0 bridgehead atoms. The topological polar surface area (TPSA) is 88.7 Å². The molecule has 3 aromatic rings. The number of hydrogen-bond donors (Lipinski definition) is 1. The molecule has 0 spiro atoms. The van der Waals surface area contributed by atoms with E-state index >= 15 is 0 Å². The highest BCUT2D eigenvalue weighted by Gasteiger charge is 2.37. The molecule has 1 atom stereocenters. The first-order chi connectivity index (χ1) is 12.9. The predicted octanol–water partition coefficient (Wildman–Crippen LogP) is 3.18. The summed E-state index contributed by atoms with van der Waals surface area (Å²) in [4.78, 5) is 35.8. The molecule has 0 aliphatic carbocycles. The van der Waals surface area contributed by atoms with Crippen LogP contribution in [0.1, 0.15) is 34.3 Å². The third-order valence-electron chi connectivity index (χ3n) is 4.73. The second kappa shape index (κ2) is 6.54. The third-order valence-corrected chi connectivity index (χ3v) is 6.86. The number of carbonyl (C=O) groups excluding carboxylic acids is 2. The van der Waals surface area contributed by atoms with Crippen molar-refractivity contribution in [3.05, 3.63) is 52.0 Å². The number of pyridine rings is 1. The maximum absolute atomic E-state index is 12.7. The largest absolute Gasteiger partial charge is 0.369 e. The number of ketones is 1. The third kappa shape index (κ3) is 3.26. The first-order valence-corrected chi connectivity index (χ1v) is 10.1. The van der Waals surface area contributed by atoms with Gasteiger partial charge in [0.15, 0.2) is 11.7 Å². The molecule has 0 saturated carbocycles. The number of hydrogen-bond acceptors (Lipinski definition) is 7. The van der Waals surface area contributed by atoms with Gasteiger partial charge in [-0.15, -0.1) is 22.7 Å². The zero-order valence-corrected chi connectivity index (χ0v) is 16.6. The Morgan fingerprint density at radius 3 is 2.89 bits per heavy atom. The lowest BCUT2D eigenvalue weighted by molar-refractivity contribution is -0.128. The summed E-state index contributed by atoms with van der Waals surface area (Å²) in [7, 11) is 1.61. The highest BCUT2D eigenvalue weighted by atomic mass is 32.1. The minimum absolute atomic E-state index is 0.0770. The molecule has 0 radical (unpaired) electrons. The van der Waals surface area contributed by atoms with Gasteiger partial charge in [-0.1, -0.05) is 0 Å². The van der Waals surface area contributed by atoms with Crippen molar-refractivity contribution >= 4 is 49.7 Å². The van der Waals surface area contributed by atoms with E-state index in [2.05, 4.69) is 9.98 Å². The van der Waals surface area contributed by atoms with Crippen LogP contribution in [0.25, 0.3) is 9.40 Å². The van der Waals surface area contributed by atoms with Crippen LogP contribution in [0.4, 0.5) is 0 Å². The number of amides is 1. The Morgan fingerprint density at radius 2 is 2.15 bits per heavy atom. The van der Waals surface area contributed by atoms with Gasteiger partial charge in [-0.2, -0.15) is 0 Å². The van der Waals surface area contributed by atoms with Gasteiger partial charge >= 0.3 is 0 Å². The Labute approximate surface area is 164 Å². The Kier molecular flexibility index (Phi) is 4.32. The van der Waals surface area contributed by atoms with Gasteiger partial charge in [0.25, 0.3) is 0 Å². The Hall–Kier alpha value is -2.58. The maximum Gasteiger partial charge on any atom is 0.231 e. The molecular formula is C19H18N4O2S2. The summed E-state index contributed by atoms with van der Waals surface area (Å²) in [6.45, 7) is 1.84. The van der Waals surface area contributed by atoms with E-state index in [4.69, 9.17) is 5.73 Å². The van der Waals surface area contributed by atoms with Crippen molar-refractivity contribution in [1.29, 1.82) is 0 Å². The molecule has 0 saturated heterocycles. The second-order valence-electron chi connectivity index (χ2n) is 6.78. The summed E-state index contributed by atoms with van der Waals surface area (Å²) in [5.74, 6) is 0.149. The van der Waals surface area contributed by atoms with E-state index in [1.165, 1.54) is 16.2 Å². The molecule has 4 heterocycles. The lowest BCUT2D eigenvalue weighted by Crippen LogP contribution is -2.47. The molecule has 1 aliphatic heterocycles. The van der Waals surface area contributed by atoms with E-state index in [1.54, 1.807) is 24.6 Å². The summed E-state index contributed by atoms with van der Waals surface area (Å²) in [5, 5.41) is 2.03. The number of rotatable bonds is 4.